The molecule has 5 heteroatoms. The van der Waals surface area contributed by atoms with Gasteiger partial charge in [0.1, 0.15) is 35.2 Å². The summed E-state index contributed by atoms with van der Waals surface area (Å²) in [6.07, 6.45) is 7.80. The van der Waals surface area contributed by atoms with Gasteiger partial charge in [-0.3, -0.25) is 0 Å². The van der Waals surface area contributed by atoms with Gasteiger partial charge in [0.2, 0.25) is 28.5 Å². The summed E-state index contributed by atoms with van der Waals surface area (Å²) in [5.74, 6) is 0. The Kier molecular flexibility index (Phi) is 18.8. The van der Waals surface area contributed by atoms with Gasteiger partial charge in [-0.15, -0.1) is 0 Å². The molecule has 20 aromatic rings. The third-order valence-electron chi connectivity index (χ3n) is 26.5. The summed E-state index contributed by atoms with van der Waals surface area (Å²) >= 11 is 0. The monoisotopic (exact) mass is 1960 g/mol. The molecule has 0 aliphatic carbocycles. The van der Waals surface area contributed by atoms with Crippen LogP contribution in [0, 0.1) is 151 Å². The van der Waals surface area contributed by atoms with Crippen molar-refractivity contribution in [2.75, 3.05) is 0 Å². The fraction of sp³-hybridized carbons (Fsp3) is 0.190. The summed E-state index contributed by atoms with van der Waals surface area (Å²) in [4.78, 5) is 0. The topological polar surface area (TPSA) is 19.4 Å². The Morgan fingerprint density at radius 1 is 0.143 bits per heavy atom. The second-order valence-electron chi connectivity index (χ2n) is 37.1. The van der Waals surface area contributed by atoms with Crippen LogP contribution in [-0.2, 0) is 35.2 Å². The van der Waals surface area contributed by atoms with E-state index in [1.54, 1.807) is 194 Å². The lowest BCUT2D eigenvalue weighted by molar-refractivity contribution is -0.660. The smallest absolute Gasteiger partial charge is 0.201 e. The quantitative estimate of drug-likeness (QED) is 0.0912. The number of benzene rings is 15. The van der Waals surface area contributed by atoms with E-state index in [-0.39, 0.29) is 94.6 Å². The van der Waals surface area contributed by atoms with E-state index in [0.29, 0.717) is 134 Å². The van der Waals surface area contributed by atoms with Crippen molar-refractivity contribution in [3.8, 4) is 168 Å². The number of pyridine rings is 5. The van der Waals surface area contributed by atoms with Crippen molar-refractivity contribution >= 4 is 0 Å². The van der Waals surface area contributed by atoms with Crippen LogP contribution in [0.3, 0.4) is 0 Å². The molecule has 20 rings (SSSR count). The van der Waals surface area contributed by atoms with E-state index in [1.165, 1.54) is 61.1 Å². The lowest BCUT2D eigenvalue weighted by atomic mass is 9.90. The van der Waals surface area contributed by atoms with Crippen molar-refractivity contribution in [2.45, 2.75) is 151 Å². The highest BCUT2D eigenvalue weighted by Gasteiger charge is 2.28. The van der Waals surface area contributed by atoms with Gasteiger partial charge < -0.3 is 0 Å². The lowest BCUT2D eigenvalue weighted by Crippen LogP contribution is -2.31. The van der Waals surface area contributed by atoms with E-state index in [2.05, 4.69) is 0 Å². The van der Waals surface area contributed by atoms with Crippen LogP contribution in [0.2, 0.25) is 0 Å². The Labute approximate surface area is 940 Å². The molecule has 5 heterocycles. The van der Waals surface area contributed by atoms with Gasteiger partial charge >= 0.3 is 0 Å². The van der Waals surface area contributed by atoms with Crippen molar-refractivity contribution in [1.82, 2.24) is 0 Å². The van der Waals surface area contributed by atoms with Crippen LogP contribution in [-0.4, -0.2) is 0 Å². The number of nitrogens with zero attached hydrogens (tertiary/aromatic N) is 5. The highest BCUT2D eigenvalue weighted by molar-refractivity contribution is 5.87. The molecular weight excluding hydrogens is 1780 g/mol. The Balaban J connectivity index is 0.000000164. The van der Waals surface area contributed by atoms with Crippen LogP contribution < -0.4 is 22.8 Å². The number of hydrogen-bond acceptors (Lipinski definition) is 0. The first-order chi connectivity index (χ1) is 88.7. The molecule has 15 aromatic carbocycles. The van der Waals surface area contributed by atoms with E-state index in [0.717, 1.165) is 61.3 Å². The molecule has 0 aliphatic rings. The average Bonchev–Trinajstić information content (AvgIpc) is 0.739. The van der Waals surface area contributed by atoms with Crippen LogP contribution in [0.25, 0.3) is 168 Å². The average molecular weight is 1970 g/mol. The van der Waals surface area contributed by atoms with E-state index < -0.39 is 103 Å². The first-order valence-corrected chi connectivity index (χ1v) is 48.0. The summed E-state index contributed by atoms with van der Waals surface area (Å²) in [7, 11) is 8.74. The highest BCUT2D eigenvalue weighted by Crippen LogP contribution is 2.43. The van der Waals surface area contributed by atoms with Crippen LogP contribution in [0.5, 0.6) is 0 Å². The van der Waals surface area contributed by atoms with Crippen molar-refractivity contribution in [1.29, 1.82) is 0 Å². The number of aromatic nitrogens is 5. The van der Waals surface area contributed by atoms with Crippen LogP contribution in [0.15, 0.2) is 383 Å². The number of aryl methyl sites for hydroxylation is 27. The maximum atomic E-state index is 8.25. The van der Waals surface area contributed by atoms with Crippen molar-refractivity contribution < 1.29 is 84.5 Å². The van der Waals surface area contributed by atoms with Crippen LogP contribution >= 0.6 is 0 Å². The molecule has 0 N–H and O–H groups in total. The summed E-state index contributed by atoms with van der Waals surface area (Å²) in [6.45, 7) is -24.6. The fourth-order valence-electron chi connectivity index (χ4n) is 18.9. The molecule has 5 nitrogen and oxygen atoms in total. The van der Waals surface area contributed by atoms with Crippen LogP contribution in [0.4, 0.5) is 0 Å². The Morgan fingerprint density at radius 3 is 0.721 bits per heavy atom. The lowest BCUT2D eigenvalue weighted by Gasteiger charge is -2.15. The Hall–Kier alpha value is -16.0. The maximum Gasteiger partial charge on any atom is 0.213 e. The molecule has 0 unspecified atom stereocenters. The minimum atomic E-state index is -2.74. The molecule has 0 spiro atoms. The fourth-order valence-corrected chi connectivity index (χ4v) is 18.9. The van der Waals surface area contributed by atoms with E-state index in [9.17, 15) is 0 Å². The van der Waals surface area contributed by atoms with Gasteiger partial charge in [0.05, 0.1) is 0 Å². The van der Waals surface area contributed by atoms with Crippen LogP contribution in [0.1, 0.15) is 184 Å². The molecule has 5 aromatic heterocycles. The largest absolute Gasteiger partial charge is 0.213 e. The molecule has 0 fully saturated rings. The molecule has 0 aliphatic heterocycles. The van der Waals surface area contributed by atoms with Gasteiger partial charge in [0.15, 0.2) is 31.0 Å². The maximum absolute atomic E-state index is 8.25. The van der Waals surface area contributed by atoms with Crippen molar-refractivity contribution in [3.63, 3.8) is 0 Å². The molecule has 0 atom stereocenters. The van der Waals surface area contributed by atoms with E-state index in [1.807, 2.05) is 234 Å². The van der Waals surface area contributed by atoms with Gasteiger partial charge in [0.25, 0.3) is 0 Å². The zero-order chi connectivity index (χ0) is 142. The van der Waals surface area contributed by atoms with Gasteiger partial charge in [-0.25, -0.2) is 22.8 Å². The van der Waals surface area contributed by atoms with Gasteiger partial charge in [-0.2, -0.15) is 0 Å². The van der Waals surface area contributed by atoms with Gasteiger partial charge in [-0.05, 0) is 382 Å². The molecule has 0 saturated carbocycles. The summed E-state index contributed by atoms with van der Waals surface area (Å²) < 4.78 is 375. The number of hydrogen-bond donors (Lipinski definition) is 0. The molecule has 0 bridgehead atoms. The molecule has 0 amide bonds. The second-order valence-corrected chi connectivity index (χ2v) is 37.1. The predicted octanol–water partition coefficient (Wildman–Crippen LogP) is 34.3. The molecule has 147 heavy (non-hydrogen) atoms. The zero-order valence-electron chi connectivity index (χ0n) is 129. The minimum Gasteiger partial charge on any atom is -0.201 e. The second kappa shape index (κ2) is 45.6. The Bertz CT molecular complexity index is 9990. The Morgan fingerprint density at radius 2 is 0.395 bits per heavy atom. The summed E-state index contributed by atoms with van der Waals surface area (Å²) in [6, 6.07) is 102. The normalized spacial score (nSPS) is 16.8. The molecular formula is C142H144N5+5. The predicted molar refractivity (Wildman–Crippen MR) is 624 cm³/mol. The molecule has 0 saturated heterocycles. The zero-order valence-corrected chi connectivity index (χ0v) is 84.1. The van der Waals surface area contributed by atoms with Gasteiger partial charge in [0, 0.05) is 148 Å². The minimum absolute atomic E-state index is 0.0205. The van der Waals surface area contributed by atoms with E-state index in [4.69, 9.17) is 61.7 Å². The first-order valence-electron chi connectivity index (χ1n) is 70.5. The summed E-state index contributed by atoms with van der Waals surface area (Å²) in [5, 5.41) is 0. The molecule has 732 valence electrons. The van der Waals surface area contributed by atoms with Crippen molar-refractivity contribution in [2.24, 2.45) is 35.2 Å². The summed E-state index contributed by atoms with van der Waals surface area (Å²) in [5.41, 5.74) is 22.0. The molecule has 0 radical (unpaired) electrons. The van der Waals surface area contributed by atoms with Gasteiger partial charge in [-0.1, -0.05) is 296 Å². The first kappa shape index (κ1) is 60.7. The van der Waals surface area contributed by atoms with Crippen molar-refractivity contribution in [3.05, 3.63) is 505 Å². The highest BCUT2D eigenvalue weighted by atomic mass is 14.9. The third kappa shape index (κ3) is 23.2. The third-order valence-corrected chi connectivity index (χ3v) is 26.5. The number of rotatable bonds is 15. The standard InChI is InChI=1S/3C29H30N.C28H28N.C27H26N/c1-19-11-10-12-20(2)29(19)27-17-28(30(6)18-23(27)5)26-16-25(21(3)15-22(26)4)24-13-8-7-9-14-24;1-19-14-22(4)29(23(5)15-19)25-12-13-30(6)28(17-25)27-18-26(20(2)16-21(27)3)24-10-8-7-9-11-24;1-19-12-13-25(20(2)14-19)27-17-29(30(6)18-23(27)5)28-16-26(21(3)15-22(28)4)24-10-8-7-9-11-24;1-19-11-9-10-14-24(19)26-17-28(29(5)18-22(26)4)27-16-25(20(2)15-21(27)3)23-12-7-6-8-13-23;1-19-15-20(2)26(16-24(19)22-11-7-5-8-12-22)27-17-25(21(3)18-28(27)4)23-13-9-6-10-14-23/h3*7-18H,1-6H3;6-18H,1-5H3;5-18H,1-4H3/q5*+1/i1D3,2D3,3D3,5D3;2D3,4D3,5D3;2D3,3D3,5D3;1D3,2D3,4D3;1D3,3D3. The SMILES string of the molecule is [2H]C([2H])([2H])c1cc(C)c(-c2cc(-c3c(C([2H])([2H])[2H])cc(C)cc3C([2H])([2H])[2H])cc[n+]2C)cc1-c1ccccc1.[2H]C([2H])([2H])c1cc(C)c(-c2cc(-c3c(C([2H])([2H])[2H])cccc3C([2H])([2H])[2H])c(C([2H])([2H])[2H])c[n+]2C)cc1-c1ccccc1.[2H]C([2H])([2H])c1cc(C)c(-c2cc(-c3ccc(C)cc3C([2H])([2H])[2H])c(C([2H])([2H])[2H])c[n+]2C)cc1-c1ccccc1.[2H]C([2H])([2H])c1cc(C)c(-c2cc(-c3ccccc3)c(C([2H])([2H])[2H])c[n+]2C)cc1-c1ccccc1.[2H]C([2H])([2H])c1cc(C)c(-c2cc(-c3ccccc3C([2H])([2H])[2H])c(C([2H])([2H])[2H])c[n+]2C)cc1-c1ccccc1. The van der Waals surface area contributed by atoms with E-state index >= 15 is 0 Å².